The predicted octanol–water partition coefficient (Wildman–Crippen LogP) is 2.76. The van der Waals surface area contributed by atoms with Gasteiger partial charge in [-0.25, -0.2) is 9.67 Å². The molecule has 2 heterocycles. The van der Waals surface area contributed by atoms with E-state index in [0.29, 0.717) is 0 Å². The number of benzene rings is 1. The van der Waals surface area contributed by atoms with E-state index in [4.69, 9.17) is 0 Å². The van der Waals surface area contributed by atoms with E-state index in [1.54, 1.807) is 0 Å². The summed E-state index contributed by atoms with van der Waals surface area (Å²) < 4.78 is 2.09. The third-order valence-electron chi connectivity index (χ3n) is 3.62. The van der Waals surface area contributed by atoms with Crippen LogP contribution >= 0.6 is 0 Å². The van der Waals surface area contributed by atoms with Gasteiger partial charge < -0.3 is 0 Å². The van der Waals surface area contributed by atoms with Gasteiger partial charge in [0, 0.05) is 19.4 Å². The zero-order valence-corrected chi connectivity index (χ0v) is 11.1. The quantitative estimate of drug-likeness (QED) is 0.809. The van der Waals surface area contributed by atoms with Gasteiger partial charge in [-0.15, -0.1) is 0 Å². The summed E-state index contributed by atoms with van der Waals surface area (Å²) in [7, 11) is 0. The molecule has 3 rings (SSSR count). The maximum Gasteiger partial charge on any atom is 0.155 e. The molecule has 0 fully saturated rings. The first kappa shape index (κ1) is 11.5. The average Bonchev–Trinajstić information content (AvgIpc) is 2.73. The van der Waals surface area contributed by atoms with Crippen LogP contribution in [0, 0.1) is 12.8 Å². The molecule has 18 heavy (non-hydrogen) atoms. The molecular weight excluding hydrogens is 222 g/mol. The molecule has 1 atom stereocenters. The van der Waals surface area contributed by atoms with Crippen molar-refractivity contribution >= 4 is 0 Å². The second-order valence-electron chi connectivity index (χ2n) is 5.43. The summed E-state index contributed by atoms with van der Waals surface area (Å²) in [5.41, 5.74) is 2.58. The van der Waals surface area contributed by atoms with Crippen LogP contribution in [0.15, 0.2) is 24.3 Å². The van der Waals surface area contributed by atoms with Gasteiger partial charge in [0.25, 0.3) is 0 Å². The van der Waals surface area contributed by atoms with Crippen LogP contribution in [-0.2, 0) is 19.4 Å². The van der Waals surface area contributed by atoms with Crippen molar-refractivity contribution in [2.75, 3.05) is 0 Å². The normalized spacial score (nSPS) is 18.7. The van der Waals surface area contributed by atoms with E-state index in [0.717, 1.165) is 37.0 Å². The lowest BCUT2D eigenvalue weighted by Crippen LogP contribution is -2.18. The Morgan fingerprint density at radius 3 is 2.83 bits per heavy atom. The van der Waals surface area contributed by atoms with Gasteiger partial charge in [0.1, 0.15) is 5.82 Å². The van der Waals surface area contributed by atoms with Crippen LogP contribution in [0.1, 0.15) is 36.1 Å². The summed E-state index contributed by atoms with van der Waals surface area (Å²) in [5, 5.41) is 4.62. The Labute approximate surface area is 108 Å². The van der Waals surface area contributed by atoms with Crippen LogP contribution in [0.5, 0.6) is 0 Å². The molecule has 3 heteroatoms. The van der Waals surface area contributed by atoms with Gasteiger partial charge in [-0.3, -0.25) is 0 Å². The van der Waals surface area contributed by atoms with E-state index in [1.165, 1.54) is 17.5 Å². The molecule has 0 saturated carbocycles. The molecule has 0 radical (unpaired) electrons. The molecule has 0 amide bonds. The summed E-state index contributed by atoms with van der Waals surface area (Å²) >= 11 is 0. The number of rotatable bonds is 2. The minimum atomic E-state index is 0.728. The van der Waals surface area contributed by atoms with Crippen molar-refractivity contribution < 1.29 is 0 Å². The predicted molar refractivity (Wildman–Crippen MR) is 71.5 cm³/mol. The van der Waals surface area contributed by atoms with E-state index in [1.807, 2.05) is 0 Å². The second kappa shape index (κ2) is 4.56. The Balaban J connectivity index is 1.79. The fourth-order valence-corrected chi connectivity index (χ4v) is 2.48. The van der Waals surface area contributed by atoms with Crippen LogP contribution < -0.4 is 0 Å². The fraction of sp³-hybridized carbons (Fsp3) is 0.467. The Kier molecular flexibility index (Phi) is 2.90. The fourth-order valence-electron chi connectivity index (χ4n) is 2.48. The molecule has 1 aromatic heterocycles. The number of nitrogens with zero attached hydrogens (tertiary/aromatic N) is 3. The van der Waals surface area contributed by atoms with Gasteiger partial charge >= 0.3 is 0 Å². The molecule has 1 aliphatic rings. The number of hydrogen-bond donors (Lipinski definition) is 0. The zero-order valence-electron chi connectivity index (χ0n) is 11.1. The first-order valence-corrected chi connectivity index (χ1v) is 6.69. The highest BCUT2D eigenvalue weighted by Crippen LogP contribution is 2.18. The third kappa shape index (κ3) is 2.30. The van der Waals surface area contributed by atoms with E-state index in [-0.39, 0.29) is 0 Å². The van der Waals surface area contributed by atoms with E-state index in [2.05, 4.69) is 52.9 Å². The van der Waals surface area contributed by atoms with Crippen molar-refractivity contribution in [1.82, 2.24) is 14.8 Å². The average molecular weight is 241 g/mol. The van der Waals surface area contributed by atoms with Gasteiger partial charge in [-0.05, 0) is 24.8 Å². The van der Waals surface area contributed by atoms with Gasteiger partial charge in [0.15, 0.2) is 5.82 Å². The van der Waals surface area contributed by atoms with E-state index < -0.39 is 0 Å². The van der Waals surface area contributed by atoms with E-state index >= 15 is 0 Å². The zero-order chi connectivity index (χ0) is 12.5. The van der Waals surface area contributed by atoms with Crippen molar-refractivity contribution in [2.45, 2.75) is 39.7 Å². The van der Waals surface area contributed by atoms with Crippen LogP contribution in [0.4, 0.5) is 0 Å². The topological polar surface area (TPSA) is 30.7 Å². The highest BCUT2D eigenvalue weighted by molar-refractivity contribution is 5.23. The largest absolute Gasteiger partial charge is 0.250 e. The maximum atomic E-state index is 4.65. The lowest BCUT2D eigenvalue weighted by molar-refractivity contribution is 0.367. The molecule has 2 aromatic rings. The highest BCUT2D eigenvalue weighted by Gasteiger charge is 2.18. The molecule has 94 valence electrons. The molecule has 0 saturated heterocycles. The molecule has 0 bridgehead atoms. The Hall–Kier alpha value is -1.64. The lowest BCUT2D eigenvalue weighted by Gasteiger charge is -2.17. The lowest BCUT2D eigenvalue weighted by atomic mass is 10.0. The van der Waals surface area contributed by atoms with Gasteiger partial charge in [-0.2, -0.15) is 5.10 Å². The maximum absolute atomic E-state index is 4.65. The van der Waals surface area contributed by atoms with Crippen LogP contribution in [0.25, 0.3) is 0 Å². The number of aryl methyl sites for hydroxylation is 2. The molecule has 3 nitrogen and oxygen atoms in total. The number of fused-ring (bicyclic) bond motifs is 1. The summed E-state index contributed by atoms with van der Waals surface area (Å²) in [6, 6.07) is 8.62. The molecular formula is C15H19N3. The minimum absolute atomic E-state index is 0.728. The van der Waals surface area contributed by atoms with Crippen molar-refractivity contribution in [3.8, 4) is 0 Å². The van der Waals surface area contributed by atoms with E-state index in [9.17, 15) is 0 Å². The first-order valence-electron chi connectivity index (χ1n) is 6.69. The summed E-state index contributed by atoms with van der Waals surface area (Å²) in [6.45, 7) is 5.42. The molecule has 1 aliphatic heterocycles. The van der Waals surface area contributed by atoms with Gasteiger partial charge in [0.05, 0.1) is 0 Å². The van der Waals surface area contributed by atoms with Crippen molar-refractivity contribution in [3.05, 3.63) is 47.0 Å². The van der Waals surface area contributed by atoms with Crippen LogP contribution in [-0.4, -0.2) is 14.8 Å². The van der Waals surface area contributed by atoms with Crippen LogP contribution in [0.3, 0.4) is 0 Å². The first-order chi connectivity index (χ1) is 8.70. The molecule has 0 aliphatic carbocycles. The molecule has 0 N–H and O–H groups in total. The van der Waals surface area contributed by atoms with Gasteiger partial charge in [0.2, 0.25) is 0 Å². The summed E-state index contributed by atoms with van der Waals surface area (Å²) in [6.07, 6.45) is 3.15. The molecule has 1 unspecified atom stereocenters. The summed E-state index contributed by atoms with van der Waals surface area (Å²) in [4.78, 5) is 4.65. The number of hydrogen-bond acceptors (Lipinski definition) is 2. The van der Waals surface area contributed by atoms with Crippen molar-refractivity contribution in [1.29, 1.82) is 0 Å². The van der Waals surface area contributed by atoms with Gasteiger partial charge in [-0.1, -0.05) is 36.8 Å². The number of aromatic nitrogens is 3. The molecule has 0 spiro atoms. The third-order valence-corrected chi connectivity index (χ3v) is 3.62. The summed E-state index contributed by atoms with van der Waals surface area (Å²) in [5.74, 6) is 2.85. The highest BCUT2D eigenvalue weighted by atomic mass is 15.4. The Morgan fingerprint density at radius 2 is 2.06 bits per heavy atom. The Bertz CT molecular complexity index is 539. The smallest absolute Gasteiger partial charge is 0.155 e. The van der Waals surface area contributed by atoms with Crippen LogP contribution in [0.2, 0.25) is 0 Å². The monoisotopic (exact) mass is 241 g/mol. The second-order valence-corrected chi connectivity index (χ2v) is 5.43. The Morgan fingerprint density at radius 1 is 1.28 bits per heavy atom. The van der Waals surface area contributed by atoms with Crippen molar-refractivity contribution in [2.24, 2.45) is 5.92 Å². The standard InChI is InChI=1S/C15H19N3/c1-11-3-6-13(7-4-11)9-14-16-15-8-5-12(2)10-18(15)17-14/h3-4,6-7,12H,5,8-10H2,1-2H3. The minimum Gasteiger partial charge on any atom is -0.250 e. The SMILES string of the molecule is Cc1ccc(Cc2nc3n(n2)CC(C)CC3)cc1. The van der Waals surface area contributed by atoms with Crippen molar-refractivity contribution in [3.63, 3.8) is 0 Å². The molecule has 1 aromatic carbocycles.